The van der Waals surface area contributed by atoms with Gasteiger partial charge in [-0.1, -0.05) is 37.3 Å². The van der Waals surface area contributed by atoms with Gasteiger partial charge in [0, 0.05) is 24.1 Å². The zero-order valence-electron chi connectivity index (χ0n) is 21.9. The van der Waals surface area contributed by atoms with Gasteiger partial charge in [0.2, 0.25) is 15.9 Å². The molecule has 204 valence electrons. The molecule has 0 amide bonds. The van der Waals surface area contributed by atoms with E-state index in [0.29, 0.717) is 34.6 Å². The Bertz CT molecular complexity index is 1590. The number of methoxy groups -OCH3 is 2. The Morgan fingerprint density at radius 2 is 1.95 bits per heavy atom. The average molecular weight is 551 g/mol. The third-order valence-electron chi connectivity index (χ3n) is 7.20. The van der Waals surface area contributed by atoms with Crippen LogP contribution in [-0.4, -0.2) is 65.4 Å². The minimum absolute atomic E-state index is 0.0695. The molecule has 39 heavy (non-hydrogen) atoms. The van der Waals surface area contributed by atoms with Gasteiger partial charge in [-0.25, -0.2) is 13.4 Å². The zero-order chi connectivity index (χ0) is 27.7. The van der Waals surface area contributed by atoms with Crippen LogP contribution in [0.25, 0.3) is 10.9 Å². The lowest BCUT2D eigenvalue weighted by atomic mass is 9.93. The predicted octanol–water partition coefficient (Wildman–Crippen LogP) is 3.77. The molecule has 1 N–H and O–H groups in total. The minimum atomic E-state index is -3.96. The van der Waals surface area contributed by atoms with Gasteiger partial charge >= 0.3 is 5.97 Å². The van der Waals surface area contributed by atoms with Crippen molar-refractivity contribution in [3.63, 3.8) is 0 Å². The summed E-state index contributed by atoms with van der Waals surface area (Å²) >= 11 is 0. The summed E-state index contributed by atoms with van der Waals surface area (Å²) in [6.07, 6.45) is 11.3. The first-order valence-corrected chi connectivity index (χ1v) is 14.0. The molecule has 3 atom stereocenters. The molecule has 0 radical (unpaired) electrons. The fraction of sp³-hybridized carbons (Fsp3) is 0.321. The van der Waals surface area contributed by atoms with Gasteiger partial charge in [0.05, 0.1) is 50.1 Å². The molecule has 10 nitrogen and oxygen atoms in total. The molecule has 1 unspecified atom stereocenters. The molecular formula is C28H30N4O6S. The van der Waals surface area contributed by atoms with Crippen molar-refractivity contribution in [2.75, 3.05) is 20.8 Å². The Kier molecular flexibility index (Phi) is 7.28. The third-order valence-corrected chi connectivity index (χ3v) is 9.03. The first kappa shape index (κ1) is 26.6. The van der Waals surface area contributed by atoms with Gasteiger partial charge in [-0.15, -0.1) is 0 Å². The Morgan fingerprint density at radius 1 is 1.13 bits per heavy atom. The Labute approximate surface area is 226 Å². The molecule has 0 saturated carbocycles. The molecule has 1 fully saturated rings. The minimum Gasteiger partial charge on any atom is -0.497 e. The number of hydrogen-bond acceptors (Lipinski definition) is 7. The number of sulfonamides is 1. The number of rotatable bonds is 8. The molecule has 2 aromatic heterocycles. The smallest absolute Gasteiger partial charge is 0.309 e. The Balaban J connectivity index is 1.69. The van der Waals surface area contributed by atoms with Crippen LogP contribution in [0.3, 0.4) is 0 Å². The van der Waals surface area contributed by atoms with E-state index in [-0.39, 0.29) is 23.8 Å². The number of aliphatic carboxylic acids is 1. The fourth-order valence-corrected chi connectivity index (χ4v) is 7.10. The number of allylic oxidation sites excluding steroid dienone is 5. The second-order valence-electron chi connectivity index (χ2n) is 9.63. The molecule has 1 aliphatic heterocycles. The highest BCUT2D eigenvalue weighted by molar-refractivity contribution is 7.89. The molecule has 2 aliphatic rings. The number of carbonyl (C=O) groups is 1. The number of pyridine rings is 1. The molecule has 1 aromatic carbocycles. The fourth-order valence-electron chi connectivity index (χ4n) is 5.41. The average Bonchev–Trinajstić information content (AvgIpc) is 3.31. The van der Waals surface area contributed by atoms with Crippen LogP contribution in [0, 0.1) is 5.92 Å². The molecule has 1 aliphatic carbocycles. The van der Waals surface area contributed by atoms with E-state index in [9.17, 15) is 18.3 Å². The van der Waals surface area contributed by atoms with Crippen molar-refractivity contribution < 1.29 is 27.8 Å². The van der Waals surface area contributed by atoms with Crippen LogP contribution in [-0.2, 0) is 21.2 Å². The van der Waals surface area contributed by atoms with E-state index in [1.807, 2.05) is 43.4 Å². The van der Waals surface area contributed by atoms with E-state index in [1.54, 1.807) is 23.9 Å². The van der Waals surface area contributed by atoms with Gasteiger partial charge in [-0.3, -0.25) is 9.48 Å². The molecule has 0 spiro atoms. The van der Waals surface area contributed by atoms with Gasteiger partial charge in [0.15, 0.2) is 0 Å². The second kappa shape index (κ2) is 10.7. The van der Waals surface area contributed by atoms with Crippen LogP contribution >= 0.6 is 0 Å². The number of nitrogens with zero attached hydrogens (tertiary/aromatic N) is 4. The third kappa shape index (κ3) is 4.95. The van der Waals surface area contributed by atoms with Crippen molar-refractivity contribution >= 4 is 26.9 Å². The predicted molar refractivity (Wildman–Crippen MR) is 145 cm³/mol. The summed E-state index contributed by atoms with van der Waals surface area (Å²) in [5, 5.41) is 15.0. The highest BCUT2D eigenvalue weighted by atomic mass is 32.2. The van der Waals surface area contributed by atoms with E-state index in [0.717, 1.165) is 5.57 Å². The molecule has 1 saturated heterocycles. The van der Waals surface area contributed by atoms with Gasteiger partial charge in [-0.2, -0.15) is 9.40 Å². The number of carboxylic acids is 1. The first-order valence-electron chi connectivity index (χ1n) is 12.6. The maximum Gasteiger partial charge on any atom is 0.309 e. The monoisotopic (exact) mass is 550 g/mol. The number of benzene rings is 1. The second-order valence-corrected chi connectivity index (χ2v) is 11.5. The first-order chi connectivity index (χ1) is 18.7. The largest absolute Gasteiger partial charge is 0.497 e. The molecule has 5 rings (SSSR count). The highest BCUT2D eigenvalue weighted by Gasteiger charge is 2.49. The van der Waals surface area contributed by atoms with Crippen LogP contribution in [0.4, 0.5) is 0 Å². The summed E-state index contributed by atoms with van der Waals surface area (Å²) in [5.41, 5.74) is 2.02. The van der Waals surface area contributed by atoms with E-state index < -0.39 is 28.1 Å². The van der Waals surface area contributed by atoms with Crippen molar-refractivity contribution in [3.05, 3.63) is 78.2 Å². The SMILES string of the molecule is COc1ccc2c(CC(=O)O)nn([C@H]3C(C4=CC=CC=CC4)N(S(=O)(=O)c4ccc(OC)nc4)C[C@H]3C)c2c1. The van der Waals surface area contributed by atoms with Gasteiger partial charge < -0.3 is 14.6 Å². The van der Waals surface area contributed by atoms with E-state index in [1.165, 1.54) is 29.7 Å². The van der Waals surface area contributed by atoms with Crippen LogP contribution in [0.5, 0.6) is 11.6 Å². The maximum atomic E-state index is 14.1. The highest BCUT2D eigenvalue weighted by Crippen LogP contribution is 2.43. The van der Waals surface area contributed by atoms with Gasteiger partial charge in [0.1, 0.15) is 10.6 Å². The van der Waals surface area contributed by atoms with Crippen LogP contribution in [0.1, 0.15) is 25.1 Å². The van der Waals surface area contributed by atoms with E-state index in [4.69, 9.17) is 14.6 Å². The normalized spacial score (nSPS) is 21.6. The lowest BCUT2D eigenvalue weighted by Gasteiger charge is -2.30. The number of hydrogen-bond donors (Lipinski definition) is 1. The van der Waals surface area contributed by atoms with Crippen molar-refractivity contribution in [1.29, 1.82) is 0 Å². The number of carboxylic acid groups (broad SMARTS) is 1. The van der Waals surface area contributed by atoms with Crippen molar-refractivity contribution in [3.8, 4) is 11.6 Å². The standard InChI is InChI=1S/C28H30N4O6S/c1-18-17-31(39(35,36)21-11-13-25(38-3)29-16-21)28(19-8-6-4-5-7-9-19)27(18)32-24-14-20(37-2)10-12-22(24)23(30-32)15-26(33)34/h4-8,10-14,16,18,27-28H,9,15,17H2,1-3H3,(H,33,34)/t18-,27-,28?/m1/s1. The summed E-state index contributed by atoms with van der Waals surface area (Å²) < 4.78 is 42.0. The molecular weight excluding hydrogens is 520 g/mol. The van der Waals surface area contributed by atoms with Crippen molar-refractivity contribution in [2.45, 2.75) is 36.7 Å². The Morgan fingerprint density at radius 3 is 2.64 bits per heavy atom. The molecule has 11 heteroatoms. The van der Waals surface area contributed by atoms with Crippen LogP contribution in [0.15, 0.2) is 77.4 Å². The van der Waals surface area contributed by atoms with Gasteiger partial charge in [-0.05, 0) is 36.1 Å². The molecule has 3 heterocycles. The summed E-state index contributed by atoms with van der Waals surface area (Å²) in [7, 11) is -0.924. The number of ether oxygens (including phenoxy) is 2. The summed E-state index contributed by atoms with van der Waals surface area (Å²) in [6.45, 7) is 2.24. The molecule has 3 aromatic rings. The zero-order valence-corrected chi connectivity index (χ0v) is 22.7. The number of aromatic nitrogens is 3. The molecule has 0 bridgehead atoms. The van der Waals surface area contributed by atoms with Crippen LogP contribution in [0.2, 0.25) is 0 Å². The summed E-state index contributed by atoms with van der Waals surface area (Å²) in [6, 6.07) is 7.44. The maximum absolute atomic E-state index is 14.1. The quantitative estimate of drug-likeness (QED) is 0.450. The van der Waals surface area contributed by atoms with Crippen molar-refractivity contribution in [1.82, 2.24) is 19.1 Å². The lowest BCUT2D eigenvalue weighted by molar-refractivity contribution is -0.136. The Hall–Kier alpha value is -3.96. The summed E-state index contributed by atoms with van der Waals surface area (Å²) in [4.78, 5) is 15.9. The topological polar surface area (TPSA) is 124 Å². The van der Waals surface area contributed by atoms with Crippen LogP contribution < -0.4 is 9.47 Å². The van der Waals surface area contributed by atoms with E-state index in [2.05, 4.69) is 4.98 Å². The summed E-state index contributed by atoms with van der Waals surface area (Å²) in [5.74, 6) is -0.227. The van der Waals surface area contributed by atoms with E-state index >= 15 is 0 Å². The lowest BCUT2D eigenvalue weighted by Crippen LogP contribution is -2.40. The number of fused-ring (bicyclic) bond motifs is 1. The van der Waals surface area contributed by atoms with Gasteiger partial charge in [0.25, 0.3) is 0 Å². The van der Waals surface area contributed by atoms with Crippen molar-refractivity contribution in [2.24, 2.45) is 5.92 Å².